The number of nitrogens with one attached hydrogen (secondary N) is 11. The minimum Gasteiger partial charge on any atom is -0.480 e. The number of carbonyl (C=O) groups is 12. The number of hydrogen-bond donors (Lipinski definition) is 15. The predicted octanol–water partition coefficient (Wildman–Crippen LogP) is -12.0. The number of carboxylic acids is 1. The van der Waals surface area contributed by atoms with E-state index >= 15 is 0 Å². The molecule has 296 valence electrons. The summed E-state index contributed by atoms with van der Waals surface area (Å²) < 4.78 is 0. The summed E-state index contributed by atoms with van der Waals surface area (Å²) in [6.07, 6.45) is 0. The smallest absolute Gasteiger partial charge is 0.328 e. The van der Waals surface area contributed by atoms with E-state index < -0.39 is 155 Å². The molecule has 0 saturated carbocycles. The normalized spacial score (nSPS) is 11.2. The molecule has 0 aromatic carbocycles. The lowest BCUT2D eigenvalue weighted by Gasteiger charge is -2.16. The second-order valence-corrected chi connectivity index (χ2v) is 10.1. The molecule has 0 unspecified atom stereocenters. The molecule has 53 heavy (non-hydrogen) atoms. The van der Waals surface area contributed by atoms with Crippen LogP contribution in [-0.4, -0.2) is 177 Å². The van der Waals surface area contributed by atoms with Gasteiger partial charge < -0.3 is 79.5 Å². The lowest BCUT2D eigenvalue weighted by atomic mass is 10.3. The topological polar surface area (TPSA) is 424 Å². The molecule has 0 aliphatic heterocycles. The second kappa shape index (κ2) is 26.3. The average molecular weight is 763 g/mol. The molecule has 11 amide bonds. The third-order valence-electron chi connectivity index (χ3n) is 5.83. The predicted molar refractivity (Wildman–Crippen MR) is 172 cm³/mol. The lowest BCUT2D eigenvalue weighted by molar-refractivity contribution is -0.142. The van der Waals surface area contributed by atoms with Gasteiger partial charge in [-0.25, -0.2) is 4.79 Å². The van der Waals surface area contributed by atoms with Crippen LogP contribution in [0.15, 0.2) is 0 Å². The Morgan fingerprint density at radius 2 is 0.623 bits per heavy atom. The van der Waals surface area contributed by atoms with Crippen molar-refractivity contribution in [1.29, 1.82) is 0 Å². The summed E-state index contributed by atoms with van der Waals surface area (Å²) >= 11 is 0. The van der Waals surface area contributed by atoms with Gasteiger partial charge >= 0.3 is 5.97 Å². The number of aliphatic carboxylic acids is 1. The number of amides is 11. The number of hydrogen-bond acceptors (Lipinski definition) is 15. The SMILES string of the molecule is NCC(=O)NCC(=O)NCC(=O)NCC(=O)NCC(=O)NCC(=O)NCC(=O)N[C@@H](CO)C(=O)NCC(=O)NCC(=O)NCC(=O)N[C@@H](CO)C(=O)O. The van der Waals surface area contributed by atoms with Crippen LogP contribution in [0.2, 0.25) is 0 Å². The van der Waals surface area contributed by atoms with Gasteiger partial charge in [0.2, 0.25) is 65.0 Å². The highest BCUT2D eigenvalue weighted by molar-refractivity contribution is 5.95. The molecular weight excluding hydrogens is 720 g/mol. The fourth-order valence-electron chi connectivity index (χ4n) is 3.10. The van der Waals surface area contributed by atoms with Gasteiger partial charge in [-0.15, -0.1) is 0 Å². The quantitative estimate of drug-likeness (QED) is 0.0410. The maximum atomic E-state index is 12.2. The first kappa shape index (κ1) is 46.5. The number of aliphatic hydroxyl groups excluding tert-OH is 2. The monoisotopic (exact) mass is 762 g/mol. The first-order valence-electron chi connectivity index (χ1n) is 15.2. The number of nitrogens with two attached hydrogens (primary N) is 1. The number of rotatable bonds is 25. The van der Waals surface area contributed by atoms with Crippen LogP contribution in [-0.2, 0) is 57.5 Å². The van der Waals surface area contributed by atoms with Gasteiger partial charge in [0.15, 0.2) is 0 Å². The number of aliphatic hydroxyl groups is 2. The van der Waals surface area contributed by atoms with Crippen LogP contribution in [0.3, 0.4) is 0 Å². The Kier molecular flexibility index (Phi) is 23.1. The Morgan fingerprint density at radius 1 is 0.377 bits per heavy atom. The van der Waals surface area contributed by atoms with Crippen LogP contribution in [0, 0.1) is 0 Å². The van der Waals surface area contributed by atoms with Gasteiger partial charge in [-0.1, -0.05) is 0 Å². The Hall–Kier alpha value is -6.48. The van der Waals surface area contributed by atoms with Crippen molar-refractivity contribution in [1.82, 2.24) is 58.5 Å². The van der Waals surface area contributed by atoms with Crippen LogP contribution in [0.5, 0.6) is 0 Å². The van der Waals surface area contributed by atoms with Crippen LogP contribution < -0.4 is 64.2 Å². The minimum absolute atomic E-state index is 0.324. The van der Waals surface area contributed by atoms with Crippen molar-refractivity contribution < 1.29 is 72.9 Å². The zero-order chi connectivity index (χ0) is 40.3. The first-order chi connectivity index (χ1) is 25.0. The lowest BCUT2D eigenvalue weighted by Crippen LogP contribution is -2.53. The molecule has 0 bridgehead atoms. The average Bonchev–Trinajstić information content (AvgIpc) is 3.13. The fourth-order valence-corrected chi connectivity index (χ4v) is 3.10. The van der Waals surface area contributed by atoms with Crippen LogP contribution >= 0.6 is 0 Å². The largest absolute Gasteiger partial charge is 0.480 e. The van der Waals surface area contributed by atoms with Gasteiger partial charge in [0.1, 0.15) is 12.1 Å². The summed E-state index contributed by atoms with van der Waals surface area (Å²) in [7, 11) is 0. The van der Waals surface area contributed by atoms with Crippen LogP contribution in [0.25, 0.3) is 0 Å². The third-order valence-corrected chi connectivity index (χ3v) is 5.83. The standard InChI is InChI=1S/C26H42N12O15/c27-1-15(41)28-2-16(42)29-3-17(43)30-4-18(44)31-5-19(45)32-6-20(46)34-9-23(49)37-13(11-39)25(51)36-8-22(48)33-7-21(47)35-10-24(50)38-14(12-40)26(52)53/h13-14,39-40H,1-12,27H2,(H,28,41)(H,29,42)(H,30,43)(H,31,44)(H,32,45)(H,33,48)(H,34,46)(H,35,47)(H,36,51)(H,37,49)(H,38,50)(H,52,53)/t13-,14-/m0/s1. The van der Waals surface area contributed by atoms with E-state index in [-0.39, 0.29) is 6.54 Å². The van der Waals surface area contributed by atoms with Crippen molar-refractivity contribution in [2.45, 2.75) is 12.1 Å². The summed E-state index contributed by atoms with van der Waals surface area (Å²) in [4.78, 5) is 140. The van der Waals surface area contributed by atoms with E-state index in [4.69, 9.17) is 15.9 Å². The minimum atomic E-state index is -1.58. The highest BCUT2D eigenvalue weighted by Crippen LogP contribution is 1.85. The van der Waals surface area contributed by atoms with Crippen molar-refractivity contribution in [3.05, 3.63) is 0 Å². The van der Waals surface area contributed by atoms with E-state index in [1.54, 1.807) is 0 Å². The van der Waals surface area contributed by atoms with Gasteiger partial charge in [-0.2, -0.15) is 0 Å². The van der Waals surface area contributed by atoms with Crippen molar-refractivity contribution >= 4 is 70.9 Å². The molecule has 27 nitrogen and oxygen atoms in total. The molecule has 0 radical (unpaired) electrons. The molecular formula is C26H42N12O15. The van der Waals surface area contributed by atoms with E-state index in [0.29, 0.717) is 0 Å². The first-order valence-corrected chi connectivity index (χ1v) is 15.2. The van der Waals surface area contributed by atoms with Gasteiger partial charge in [-0.05, 0) is 0 Å². The molecule has 27 heteroatoms. The summed E-state index contributed by atoms with van der Waals surface area (Å²) in [6.45, 7) is -7.56. The van der Waals surface area contributed by atoms with Gasteiger partial charge in [0, 0.05) is 0 Å². The van der Waals surface area contributed by atoms with Crippen molar-refractivity contribution in [2.75, 3.05) is 78.7 Å². The molecule has 0 fully saturated rings. The van der Waals surface area contributed by atoms with Gasteiger partial charge in [0.05, 0.1) is 78.7 Å². The molecule has 16 N–H and O–H groups in total. The van der Waals surface area contributed by atoms with E-state index in [2.05, 4.69) is 53.2 Å². The molecule has 0 spiro atoms. The molecule has 0 aliphatic rings. The van der Waals surface area contributed by atoms with Crippen molar-refractivity contribution in [2.24, 2.45) is 5.73 Å². The summed E-state index contributed by atoms with van der Waals surface area (Å²) in [5.74, 6) is -10.6. The zero-order valence-electron chi connectivity index (χ0n) is 28.0. The fraction of sp³-hybridized carbons (Fsp3) is 0.538. The summed E-state index contributed by atoms with van der Waals surface area (Å²) in [6, 6.07) is -3.14. The maximum Gasteiger partial charge on any atom is 0.328 e. The Labute approximate surface area is 299 Å². The van der Waals surface area contributed by atoms with Crippen molar-refractivity contribution in [3.63, 3.8) is 0 Å². The third kappa shape index (κ3) is 23.5. The van der Waals surface area contributed by atoms with E-state index in [1.165, 1.54) is 0 Å². The summed E-state index contributed by atoms with van der Waals surface area (Å²) in [5.41, 5.74) is 5.06. The summed E-state index contributed by atoms with van der Waals surface area (Å²) in [5, 5.41) is 50.3. The Balaban J connectivity index is 4.25. The molecule has 0 aromatic rings. The maximum absolute atomic E-state index is 12.2. The van der Waals surface area contributed by atoms with Gasteiger partial charge in [0.25, 0.3) is 0 Å². The molecule has 0 aliphatic carbocycles. The number of carboxylic acid groups (broad SMARTS) is 1. The Morgan fingerprint density at radius 3 is 0.887 bits per heavy atom. The Bertz CT molecular complexity index is 1380. The molecule has 0 heterocycles. The van der Waals surface area contributed by atoms with Crippen LogP contribution in [0.1, 0.15) is 0 Å². The van der Waals surface area contributed by atoms with Gasteiger partial charge in [-0.3, -0.25) is 52.7 Å². The highest BCUT2D eigenvalue weighted by Gasteiger charge is 2.22. The second-order valence-electron chi connectivity index (χ2n) is 10.1. The van der Waals surface area contributed by atoms with E-state index in [0.717, 1.165) is 0 Å². The number of carbonyl (C=O) groups excluding carboxylic acids is 11. The van der Waals surface area contributed by atoms with Crippen molar-refractivity contribution in [3.8, 4) is 0 Å². The molecule has 0 aromatic heterocycles. The van der Waals surface area contributed by atoms with E-state index in [9.17, 15) is 62.6 Å². The zero-order valence-corrected chi connectivity index (χ0v) is 28.0. The van der Waals surface area contributed by atoms with Crippen LogP contribution in [0.4, 0.5) is 0 Å². The molecule has 0 saturated heterocycles. The molecule has 0 rings (SSSR count). The van der Waals surface area contributed by atoms with E-state index in [1.807, 2.05) is 5.32 Å². The molecule has 2 atom stereocenters. The highest BCUT2D eigenvalue weighted by atomic mass is 16.4.